The lowest BCUT2D eigenvalue weighted by Gasteiger charge is -2.35. The maximum atomic E-state index is 13.2. The second-order valence-corrected chi connectivity index (χ2v) is 8.74. The molecule has 4 nitrogen and oxygen atoms in total. The van der Waals surface area contributed by atoms with Crippen LogP contribution in [0.3, 0.4) is 0 Å². The van der Waals surface area contributed by atoms with Crippen LogP contribution in [-0.4, -0.2) is 22.5 Å². The van der Waals surface area contributed by atoms with Crippen LogP contribution in [-0.2, 0) is 6.42 Å². The molecule has 3 aromatic carbocycles. The van der Waals surface area contributed by atoms with Gasteiger partial charge in [0.05, 0.1) is 0 Å². The Labute approximate surface area is 194 Å². The fourth-order valence-electron chi connectivity index (χ4n) is 4.11. The Morgan fingerprint density at radius 3 is 2.26 bits per heavy atom. The molecule has 5 rings (SSSR count). The molecule has 1 N–H and O–H groups in total. The number of carbonyl (C=O) groups excluding carboxylic acids is 1. The molecule has 0 radical (unpaired) electrons. The summed E-state index contributed by atoms with van der Waals surface area (Å²) in [6.07, 6.45) is 0.264. The minimum atomic E-state index is -0.426. The van der Waals surface area contributed by atoms with Crippen LogP contribution in [0.15, 0.2) is 66.7 Å². The van der Waals surface area contributed by atoms with Crippen LogP contribution < -0.4 is 4.74 Å². The van der Waals surface area contributed by atoms with Gasteiger partial charge in [0.15, 0.2) is 0 Å². The van der Waals surface area contributed by atoms with Crippen molar-refractivity contribution in [1.29, 1.82) is 0 Å². The van der Waals surface area contributed by atoms with Gasteiger partial charge in [-0.25, -0.2) is 4.79 Å². The number of aromatic nitrogens is 1. The Morgan fingerprint density at radius 1 is 0.903 bits per heavy atom. The van der Waals surface area contributed by atoms with E-state index in [-0.39, 0.29) is 6.04 Å². The number of H-pyrrole nitrogens is 1. The Hall–Kier alpha value is -2.66. The fourth-order valence-corrected chi connectivity index (χ4v) is 4.54. The summed E-state index contributed by atoms with van der Waals surface area (Å²) in [5.41, 5.74) is 4.05. The molecule has 0 spiro atoms. The highest BCUT2D eigenvalue weighted by Gasteiger charge is 2.35. The van der Waals surface area contributed by atoms with Gasteiger partial charge in [0, 0.05) is 38.2 Å². The number of carbonyl (C=O) groups is 1. The first-order chi connectivity index (χ1) is 15.0. The lowest BCUT2D eigenvalue weighted by atomic mass is 9.93. The molecule has 1 aliphatic heterocycles. The maximum absolute atomic E-state index is 13.2. The van der Waals surface area contributed by atoms with Crippen molar-refractivity contribution in [2.24, 2.45) is 0 Å². The van der Waals surface area contributed by atoms with Crippen molar-refractivity contribution >= 4 is 51.8 Å². The van der Waals surface area contributed by atoms with Crippen LogP contribution in [0.2, 0.25) is 15.1 Å². The summed E-state index contributed by atoms with van der Waals surface area (Å²) in [5, 5.41) is 2.98. The van der Waals surface area contributed by atoms with E-state index in [4.69, 9.17) is 39.5 Å². The van der Waals surface area contributed by atoms with E-state index in [1.54, 1.807) is 29.2 Å². The predicted octanol–water partition coefficient (Wildman–Crippen LogP) is 7.27. The fraction of sp³-hybridized carbons (Fsp3) is 0.125. The normalized spacial score (nSPS) is 15.7. The van der Waals surface area contributed by atoms with E-state index in [9.17, 15) is 4.79 Å². The molecule has 4 aromatic rings. The van der Waals surface area contributed by atoms with E-state index >= 15 is 0 Å². The van der Waals surface area contributed by atoms with Crippen molar-refractivity contribution in [1.82, 2.24) is 9.88 Å². The number of amides is 1. The van der Waals surface area contributed by atoms with Gasteiger partial charge >= 0.3 is 6.09 Å². The number of nitrogens with one attached hydrogen (secondary N) is 1. The SMILES string of the molecule is O=C(Oc1ccc(Cl)cc1)N1CCc2c([nH]c3ccc(Cl)cc23)C1c1ccc(Cl)cc1. The zero-order valence-corrected chi connectivity index (χ0v) is 18.5. The van der Waals surface area contributed by atoms with E-state index in [0.29, 0.717) is 33.8 Å². The number of hydrogen-bond donors (Lipinski definition) is 1. The van der Waals surface area contributed by atoms with Gasteiger partial charge in [-0.05, 0) is 72.1 Å². The Kier molecular flexibility index (Phi) is 5.30. The van der Waals surface area contributed by atoms with E-state index < -0.39 is 6.09 Å². The molecule has 1 aliphatic rings. The van der Waals surface area contributed by atoms with Gasteiger partial charge in [0.25, 0.3) is 0 Å². The average molecular weight is 472 g/mol. The molecule has 1 aromatic heterocycles. The molecule has 7 heteroatoms. The summed E-state index contributed by atoms with van der Waals surface area (Å²) < 4.78 is 5.66. The summed E-state index contributed by atoms with van der Waals surface area (Å²) in [6, 6.07) is 19.7. The molecule has 0 saturated heterocycles. The summed E-state index contributed by atoms with van der Waals surface area (Å²) >= 11 is 18.3. The molecule has 1 unspecified atom stereocenters. The number of hydrogen-bond acceptors (Lipinski definition) is 2. The highest BCUT2D eigenvalue weighted by atomic mass is 35.5. The van der Waals surface area contributed by atoms with Crippen molar-refractivity contribution in [2.75, 3.05) is 6.54 Å². The standard InChI is InChI=1S/C24H17Cl3N2O2/c25-15-3-1-14(2-4-15)23-22-19(20-13-17(27)7-10-21(20)28-22)11-12-29(23)24(30)31-18-8-5-16(26)6-9-18/h1-10,13,23,28H,11-12H2. The Morgan fingerprint density at radius 2 is 1.55 bits per heavy atom. The number of nitrogens with zero attached hydrogens (tertiary/aromatic N) is 1. The molecular formula is C24H17Cl3N2O2. The molecular weight excluding hydrogens is 455 g/mol. The zero-order valence-electron chi connectivity index (χ0n) is 16.2. The third-order valence-corrected chi connectivity index (χ3v) is 6.27. The highest BCUT2D eigenvalue weighted by molar-refractivity contribution is 6.31. The van der Waals surface area contributed by atoms with Gasteiger partial charge in [-0.15, -0.1) is 0 Å². The van der Waals surface area contributed by atoms with Crippen LogP contribution in [0.5, 0.6) is 5.75 Å². The van der Waals surface area contributed by atoms with Gasteiger partial charge in [-0.3, -0.25) is 4.90 Å². The lowest BCUT2D eigenvalue weighted by molar-refractivity contribution is 0.135. The molecule has 2 heterocycles. The summed E-state index contributed by atoms with van der Waals surface area (Å²) in [4.78, 5) is 18.4. The van der Waals surface area contributed by atoms with Crippen LogP contribution in [0.1, 0.15) is 22.9 Å². The zero-order chi connectivity index (χ0) is 21.5. The van der Waals surface area contributed by atoms with Crippen molar-refractivity contribution in [3.63, 3.8) is 0 Å². The maximum Gasteiger partial charge on any atom is 0.416 e. The van der Waals surface area contributed by atoms with E-state index in [0.717, 1.165) is 27.7 Å². The minimum Gasteiger partial charge on any atom is -0.410 e. The molecule has 0 fully saturated rings. The van der Waals surface area contributed by atoms with Gasteiger partial charge in [0.2, 0.25) is 0 Å². The van der Waals surface area contributed by atoms with E-state index in [1.807, 2.05) is 42.5 Å². The monoisotopic (exact) mass is 470 g/mol. The van der Waals surface area contributed by atoms with Crippen LogP contribution >= 0.6 is 34.8 Å². The average Bonchev–Trinajstić information content (AvgIpc) is 3.13. The van der Waals surface area contributed by atoms with Crippen molar-refractivity contribution in [2.45, 2.75) is 12.5 Å². The number of benzene rings is 3. The molecule has 1 atom stereocenters. The topological polar surface area (TPSA) is 45.3 Å². The summed E-state index contributed by atoms with van der Waals surface area (Å²) in [7, 11) is 0. The molecule has 156 valence electrons. The Bertz CT molecular complexity index is 1270. The van der Waals surface area contributed by atoms with Crippen LogP contribution in [0.4, 0.5) is 4.79 Å². The van der Waals surface area contributed by atoms with Gasteiger partial charge in [0.1, 0.15) is 11.8 Å². The number of ether oxygens (including phenoxy) is 1. The second-order valence-electron chi connectivity index (χ2n) is 7.43. The van der Waals surface area contributed by atoms with E-state index in [2.05, 4.69) is 4.98 Å². The summed E-state index contributed by atoms with van der Waals surface area (Å²) in [5.74, 6) is 0.443. The Balaban J connectivity index is 1.58. The van der Waals surface area contributed by atoms with E-state index in [1.165, 1.54) is 0 Å². The van der Waals surface area contributed by atoms with Gasteiger partial charge < -0.3 is 9.72 Å². The predicted molar refractivity (Wildman–Crippen MR) is 124 cm³/mol. The van der Waals surface area contributed by atoms with Crippen LogP contribution in [0.25, 0.3) is 10.9 Å². The third kappa shape index (κ3) is 3.87. The van der Waals surface area contributed by atoms with Crippen molar-refractivity contribution in [3.8, 4) is 5.75 Å². The van der Waals surface area contributed by atoms with Crippen molar-refractivity contribution in [3.05, 3.63) is 98.6 Å². The van der Waals surface area contributed by atoms with Crippen LogP contribution in [0, 0.1) is 0 Å². The largest absolute Gasteiger partial charge is 0.416 e. The third-order valence-electron chi connectivity index (χ3n) is 5.53. The number of aromatic amines is 1. The molecule has 31 heavy (non-hydrogen) atoms. The molecule has 0 bridgehead atoms. The number of halogens is 3. The molecule has 1 amide bonds. The second kappa shape index (κ2) is 8.12. The lowest BCUT2D eigenvalue weighted by Crippen LogP contribution is -2.42. The minimum absolute atomic E-state index is 0.341. The first-order valence-electron chi connectivity index (χ1n) is 9.79. The first-order valence-corrected chi connectivity index (χ1v) is 10.9. The van der Waals surface area contributed by atoms with Gasteiger partial charge in [-0.2, -0.15) is 0 Å². The highest BCUT2D eigenvalue weighted by Crippen LogP contribution is 2.39. The quantitative estimate of drug-likeness (QED) is 0.334. The molecule has 0 aliphatic carbocycles. The smallest absolute Gasteiger partial charge is 0.410 e. The summed E-state index contributed by atoms with van der Waals surface area (Å²) in [6.45, 7) is 0.506. The van der Waals surface area contributed by atoms with Gasteiger partial charge in [-0.1, -0.05) is 46.9 Å². The number of fused-ring (bicyclic) bond motifs is 3. The van der Waals surface area contributed by atoms with Crippen molar-refractivity contribution < 1.29 is 9.53 Å². The number of rotatable bonds is 2. The first kappa shape index (κ1) is 20.3. The molecule has 0 saturated carbocycles.